The van der Waals surface area contributed by atoms with Crippen LogP contribution in [0.1, 0.15) is 11.1 Å². The van der Waals surface area contributed by atoms with E-state index in [4.69, 9.17) is 5.26 Å². The molecule has 0 spiro atoms. The van der Waals surface area contributed by atoms with Gasteiger partial charge >= 0.3 is 6.18 Å². The van der Waals surface area contributed by atoms with Crippen LogP contribution in [-0.4, -0.2) is 4.92 Å². The Hall–Kier alpha value is -1.62. The number of nitrogens with zero attached hydrogens (tertiary/aromatic N) is 2. The van der Waals surface area contributed by atoms with E-state index in [1.807, 2.05) is 0 Å². The fourth-order valence-electron chi connectivity index (χ4n) is 1.30. The van der Waals surface area contributed by atoms with Gasteiger partial charge in [-0.05, 0) is 12.1 Å². The van der Waals surface area contributed by atoms with E-state index in [1.165, 1.54) is 0 Å². The van der Waals surface area contributed by atoms with Gasteiger partial charge in [-0.15, -0.1) is 0 Å². The van der Waals surface area contributed by atoms with Crippen LogP contribution in [0, 0.1) is 21.4 Å². The molecule has 0 atom stereocenters. The molecule has 0 saturated carbocycles. The highest BCUT2D eigenvalue weighted by Gasteiger charge is 2.40. The smallest absolute Gasteiger partial charge is 0.258 e. The molecule has 1 rings (SSSR count). The largest absolute Gasteiger partial charge is 0.423 e. The number of nitro groups is 1. The molecule has 8 heteroatoms. The summed E-state index contributed by atoms with van der Waals surface area (Å²) in [6.45, 7) is 0. The van der Waals surface area contributed by atoms with Crippen LogP contribution in [0.3, 0.4) is 0 Å². The van der Waals surface area contributed by atoms with Gasteiger partial charge in [-0.3, -0.25) is 10.1 Å². The highest BCUT2D eigenvalue weighted by molar-refractivity contribution is 9.10. The van der Waals surface area contributed by atoms with E-state index >= 15 is 0 Å². The quantitative estimate of drug-likeness (QED) is 0.621. The summed E-state index contributed by atoms with van der Waals surface area (Å²) in [5.74, 6) is 0. The molecule has 1 aromatic rings. The average Bonchev–Trinajstić information content (AvgIpc) is 2.18. The topological polar surface area (TPSA) is 66.9 Å². The molecule has 0 N–H and O–H groups in total. The van der Waals surface area contributed by atoms with Crippen molar-refractivity contribution < 1.29 is 18.1 Å². The van der Waals surface area contributed by atoms with Gasteiger partial charge in [0, 0.05) is 4.47 Å². The highest BCUT2D eigenvalue weighted by Crippen LogP contribution is 2.40. The van der Waals surface area contributed by atoms with E-state index in [9.17, 15) is 23.3 Å². The number of halogens is 4. The monoisotopic (exact) mass is 308 g/mol. The highest BCUT2D eigenvalue weighted by atomic mass is 79.9. The van der Waals surface area contributed by atoms with Crippen LogP contribution in [-0.2, 0) is 12.6 Å². The van der Waals surface area contributed by atoms with Gasteiger partial charge < -0.3 is 0 Å². The van der Waals surface area contributed by atoms with Crippen molar-refractivity contribution in [3.63, 3.8) is 0 Å². The minimum absolute atomic E-state index is 0.110. The summed E-state index contributed by atoms with van der Waals surface area (Å²) in [4.78, 5) is 9.57. The molecule has 0 amide bonds. The van der Waals surface area contributed by atoms with Gasteiger partial charge in [0.1, 0.15) is 5.56 Å². The summed E-state index contributed by atoms with van der Waals surface area (Å²) < 4.78 is 37.8. The molecule has 1 aromatic carbocycles. The van der Waals surface area contributed by atoms with Gasteiger partial charge in [-0.25, -0.2) is 0 Å². The number of nitriles is 1. The SMILES string of the molecule is N#CCc1c(Br)ccc(C(F)(F)F)c1[N+](=O)[O-]. The first-order valence-corrected chi connectivity index (χ1v) is 4.98. The van der Waals surface area contributed by atoms with Crippen molar-refractivity contribution in [2.75, 3.05) is 0 Å². The van der Waals surface area contributed by atoms with Crippen molar-refractivity contribution in [2.45, 2.75) is 12.6 Å². The van der Waals surface area contributed by atoms with E-state index in [0.717, 1.165) is 6.07 Å². The maximum Gasteiger partial charge on any atom is 0.423 e. The number of nitro benzene ring substituents is 1. The summed E-state index contributed by atoms with van der Waals surface area (Å²) in [5.41, 5.74) is -2.70. The van der Waals surface area contributed by atoms with Crippen LogP contribution in [0.25, 0.3) is 0 Å². The van der Waals surface area contributed by atoms with E-state index in [0.29, 0.717) is 6.07 Å². The van der Waals surface area contributed by atoms with Crippen LogP contribution < -0.4 is 0 Å². The maximum absolute atomic E-state index is 12.6. The van der Waals surface area contributed by atoms with Crippen LogP contribution >= 0.6 is 15.9 Å². The summed E-state index contributed by atoms with van der Waals surface area (Å²) in [5, 5.41) is 19.2. The Morgan fingerprint density at radius 2 is 2.06 bits per heavy atom. The van der Waals surface area contributed by atoms with Gasteiger partial charge in [0.05, 0.1) is 23.0 Å². The van der Waals surface area contributed by atoms with Crippen molar-refractivity contribution >= 4 is 21.6 Å². The Kier molecular flexibility index (Phi) is 3.72. The predicted octanol–water partition coefficient (Wildman–Crippen LogP) is 3.44. The minimum atomic E-state index is -4.83. The molecule has 0 aromatic heterocycles. The number of alkyl halides is 3. The number of rotatable bonds is 2. The molecule has 90 valence electrons. The molecular weight excluding hydrogens is 305 g/mol. The maximum atomic E-state index is 12.6. The fraction of sp³-hybridized carbons (Fsp3) is 0.222. The lowest BCUT2D eigenvalue weighted by atomic mass is 10.0. The zero-order valence-electron chi connectivity index (χ0n) is 8.08. The molecule has 0 aliphatic rings. The van der Waals surface area contributed by atoms with Gasteiger partial charge in [-0.1, -0.05) is 15.9 Å². The Morgan fingerprint density at radius 1 is 1.47 bits per heavy atom. The number of hydrogen-bond acceptors (Lipinski definition) is 3. The zero-order valence-corrected chi connectivity index (χ0v) is 9.67. The number of benzene rings is 1. The lowest BCUT2D eigenvalue weighted by Gasteiger charge is -2.10. The standard InChI is InChI=1S/C9H4BrF3N2O2/c10-7-2-1-6(9(11,12)13)8(15(16)17)5(7)3-4-14/h1-2H,3H2. The Labute approximate surface area is 102 Å². The predicted molar refractivity (Wildman–Crippen MR) is 55.1 cm³/mol. The summed E-state index contributed by atoms with van der Waals surface area (Å²) in [6.07, 6.45) is -5.30. The molecule has 0 aliphatic carbocycles. The third-order valence-electron chi connectivity index (χ3n) is 1.97. The van der Waals surface area contributed by atoms with Gasteiger partial charge in [0.25, 0.3) is 5.69 Å². The second-order valence-electron chi connectivity index (χ2n) is 3.01. The second-order valence-corrected chi connectivity index (χ2v) is 3.87. The molecule has 0 fully saturated rings. The number of hydrogen-bond donors (Lipinski definition) is 0. The second kappa shape index (κ2) is 4.71. The Bertz CT molecular complexity index is 508. The first-order valence-electron chi connectivity index (χ1n) is 4.19. The minimum Gasteiger partial charge on any atom is -0.258 e. The first kappa shape index (κ1) is 13.4. The molecule has 0 unspecified atom stereocenters. The Morgan fingerprint density at radius 3 is 2.47 bits per heavy atom. The van der Waals surface area contributed by atoms with Crippen LogP contribution in [0.2, 0.25) is 0 Å². The zero-order chi connectivity index (χ0) is 13.2. The van der Waals surface area contributed by atoms with Crippen molar-refractivity contribution in [1.82, 2.24) is 0 Å². The van der Waals surface area contributed by atoms with Gasteiger partial charge in [0.2, 0.25) is 0 Å². The molecule has 0 bridgehead atoms. The Balaban J connectivity index is 3.60. The van der Waals surface area contributed by atoms with Gasteiger partial charge in [-0.2, -0.15) is 18.4 Å². The molecule has 0 aliphatic heterocycles. The van der Waals surface area contributed by atoms with E-state index < -0.39 is 28.8 Å². The first-order chi connectivity index (χ1) is 7.79. The van der Waals surface area contributed by atoms with Crippen molar-refractivity contribution in [1.29, 1.82) is 5.26 Å². The van der Waals surface area contributed by atoms with E-state index in [-0.39, 0.29) is 10.0 Å². The molecule has 0 saturated heterocycles. The van der Waals surface area contributed by atoms with E-state index in [1.54, 1.807) is 6.07 Å². The molecule has 0 radical (unpaired) electrons. The third-order valence-corrected chi connectivity index (χ3v) is 2.71. The molecule has 17 heavy (non-hydrogen) atoms. The van der Waals surface area contributed by atoms with Crippen LogP contribution in [0.4, 0.5) is 18.9 Å². The van der Waals surface area contributed by atoms with Gasteiger partial charge in [0.15, 0.2) is 0 Å². The third kappa shape index (κ3) is 2.74. The van der Waals surface area contributed by atoms with Crippen molar-refractivity contribution in [3.05, 3.63) is 37.8 Å². The molecule has 4 nitrogen and oxygen atoms in total. The lowest BCUT2D eigenvalue weighted by molar-refractivity contribution is -0.388. The summed E-state index contributed by atoms with van der Waals surface area (Å²) >= 11 is 2.89. The van der Waals surface area contributed by atoms with Crippen molar-refractivity contribution in [3.8, 4) is 6.07 Å². The molecule has 0 heterocycles. The van der Waals surface area contributed by atoms with E-state index in [2.05, 4.69) is 15.9 Å². The van der Waals surface area contributed by atoms with Crippen molar-refractivity contribution in [2.24, 2.45) is 0 Å². The van der Waals surface area contributed by atoms with Crippen LogP contribution in [0.15, 0.2) is 16.6 Å². The average molecular weight is 309 g/mol. The molecular formula is C9H4BrF3N2O2. The summed E-state index contributed by atoms with van der Waals surface area (Å²) in [6, 6.07) is 3.26. The fourth-order valence-corrected chi connectivity index (χ4v) is 1.76. The lowest BCUT2D eigenvalue weighted by Crippen LogP contribution is -2.11. The normalized spacial score (nSPS) is 11.0. The van der Waals surface area contributed by atoms with Crippen LogP contribution in [0.5, 0.6) is 0 Å². The summed E-state index contributed by atoms with van der Waals surface area (Å²) in [7, 11) is 0.